The fourth-order valence-corrected chi connectivity index (χ4v) is 1.72. The van der Waals surface area contributed by atoms with Crippen molar-refractivity contribution in [1.82, 2.24) is 4.90 Å². The molecule has 1 fully saturated rings. The van der Waals surface area contributed by atoms with E-state index in [0.717, 1.165) is 18.1 Å². The van der Waals surface area contributed by atoms with Crippen LogP contribution in [0.2, 0.25) is 0 Å². The first-order chi connectivity index (χ1) is 7.43. The molecular weight excluding hydrogens is 232 g/mol. The zero-order valence-corrected chi connectivity index (χ0v) is 9.66. The van der Waals surface area contributed by atoms with Gasteiger partial charge in [0.1, 0.15) is 5.84 Å². The number of hydrogen-bond acceptors (Lipinski definition) is 4. The lowest BCUT2D eigenvalue weighted by Gasteiger charge is -2.23. The molecule has 0 aromatic carbocycles. The van der Waals surface area contributed by atoms with Gasteiger partial charge >= 0.3 is 11.9 Å². The van der Waals surface area contributed by atoms with Crippen molar-refractivity contribution in [3.05, 3.63) is 12.2 Å². The van der Waals surface area contributed by atoms with Gasteiger partial charge in [-0.2, -0.15) is 11.8 Å². The van der Waals surface area contributed by atoms with Crippen LogP contribution >= 0.6 is 11.8 Å². The van der Waals surface area contributed by atoms with E-state index in [4.69, 9.17) is 15.6 Å². The van der Waals surface area contributed by atoms with Gasteiger partial charge in [-0.3, -0.25) is 5.41 Å². The van der Waals surface area contributed by atoms with Crippen LogP contribution in [-0.4, -0.2) is 58.0 Å². The zero-order chi connectivity index (χ0) is 12.6. The minimum Gasteiger partial charge on any atom is -0.478 e. The van der Waals surface area contributed by atoms with E-state index in [-0.39, 0.29) is 0 Å². The first-order valence-electron chi connectivity index (χ1n) is 4.43. The molecule has 7 heteroatoms. The zero-order valence-electron chi connectivity index (χ0n) is 8.84. The van der Waals surface area contributed by atoms with E-state index < -0.39 is 11.9 Å². The van der Waals surface area contributed by atoms with E-state index in [1.165, 1.54) is 5.75 Å². The number of amidine groups is 1. The molecule has 1 aliphatic rings. The monoisotopic (exact) mass is 246 g/mol. The third-order valence-electron chi connectivity index (χ3n) is 1.64. The average molecular weight is 246 g/mol. The Morgan fingerprint density at radius 2 is 1.88 bits per heavy atom. The number of hydrogen-bond donors (Lipinski definition) is 3. The second-order valence-corrected chi connectivity index (χ2v) is 4.04. The van der Waals surface area contributed by atoms with Crippen LogP contribution in [0.1, 0.15) is 0 Å². The van der Waals surface area contributed by atoms with Crippen LogP contribution in [0.25, 0.3) is 0 Å². The van der Waals surface area contributed by atoms with Crippen LogP contribution in [0.5, 0.6) is 0 Å². The van der Waals surface area contributed by atoms with Crippen LogP contribution in [0.4, 0.5) is 0 Å². The number of aliphatic carboxylic acids is 2. The normalized spacial score (nSPS) is 15.6. The van der Waals surface area contributed by atoms with Crippen molar-refractivity contribution >= 4 is 29.5 Å². The highest BCUT2D eigenvalue weighted by atomic mass is 32.2. The molecule has 0 spiro atoms. The predicted octanol–water partition coefficient (Wildman–Crippen LogP) is 0.354. The lowest BCUT2D eigenvalue weighted by Crippen LogP contribution is -2.33. The van der Waals surface area contributed by atoms with Gasteiger partial charge in [0.25, 0.3) is 0 Å². The maximum Gasteiger partial charge on any atom is 0.328 e. The topological polar surface area (TPSA) is 102 Å². The molecule has 0 saturated carbocycles. The number of nitrogens with zero attached hydrogens (tertiary/aromatic N) is 1. The van der Waals surface area contributed by atoms with Crippen molar-refractivity contribution in [1.29, 1.82) is 5.41 Å². The van der Waals surface area contributed by atoms with Crippen LogP contribution in [0, 0.1) is 5.41 Å². The van der Waals surface area contributed by atoms with Gasteiger partial charge in [0.2, 0.25) is 0 Å². The van der Waals surface area contributed by atoms with Crippen molar-refractivity contribution in [2.75, 3.05) is 25.1 Å². The first-order valence-corrected chi connectivity index (χ1v) is 5.59. The van der Waals surface area contributed by atoms with Gasteiger partial charge in [0, 0.05) is 31.5 Å². The van der Waals surface area contributed by atoms with Crippen molar-refractivity contribution in [2.24, 2.45) is 0 Å². The Labute approximate surface area is 97.4 Å². The maximum absolute atomic E-state index is 9.55. The minimum absolute atomic E-state index is 0.558. The molecule has 1 saturated heterocycles. The molecule has 0 amide bonds. The molecule has 1 rings (SSSR count). The molecule has 0 atom stereocenters. The Kier molecular flexibility index (Phi) is 7.02. The second kappa shape index (κ2) is 7.75. The Hall–Kier alpha value is -1.50. The molecular formula is C9H14N2O4S. The molecule has 1 heterocycles. The predicted molar refractivity (Wildman–Crippen MR) is 62.1 cm³/mol. The molecule has 1 aliphatic heterocycles. The highest BCUT2D eigenvalue weighted by Gasteiger charge is 2.08. The standard InChI is InChI=1S/C5H10N2S.C4H4O4/c1-7-2-3-8-4-5(7)6;5-3(6)1-2-4(7)8/h6H,2-4H2,1H3;1-2H,(H,5,6)(H,7,8)/b;2-1+. The van der Waals surface area contributed by atoms with E-state index in [1.807, 2.05) is 23.7 Å². The van der Waals surface area contributed by atoms with E-state index in [9.17, 15) is 9.59 Å². The number of rotatable bonds is 2. The summed E-state index contributed by atoms with van der Waals surface area (Å²) in [6.07, 6.45) is 1.12. The summed E-state index contributed by atoms with van der Waals surface area (Å²) >= 11 is 1.84. The van der Waals surface area contributed by atoms with Crippen LogP contribution in [0.3, 0.4) is 0 Å². The summed E-state index contributed by atoms with van der Waals surface area (Å²) in [5, 5.41) is 22.9. The van der Waals surface area contributed by atoms with E-state index in [0.29, 0.717) is 12.2 Å². The lowest BCUT2D eigenvalue weighted by atomic mass is 10.5. The summed E-state index contributed by atoms with van der Waals surface area (Å²) in [6, 6.07) is 0. The molecule has 3 N–H and O–H groups in total. The van der Waals surface area contributed by atoms with Gasteiger partial charge in [-0.1, -0.05) is 0 Å². The molecule has 16 heavy (non-hydrogen) atoms. The number of carbonyl (C=O) groups is 2. The van der Waals surface area contributed by atoms with Crippen LogP contribution < -0.4 is 0 Å². The number of nitrogens with one attached hydrogen (secondary N) is 1. The highest BCUT2D eigenvalue weighted by molar-refractivity contribution is 8.00. The lowest BCUT2D eigenvalue weighted by molar-refractivity contribution is -0.134. The number of carboxylic acids is 2. The van der Waals surface area contributed by atoms with Gasteiger partial charge < -0.3 is 15.1 Å². The van der Waals surface area contributed by atoms with Gasteiger partial charge in [-0.05, 0) is 0 Å². The molecule has 0 bridgehead atoms. The SMILES string of the molecule is CN1CCSCC1=N.O=C(O)/C=C/C(=O)O. The smallest absolute Gasteiger partial charge is 0.328 e. The van der Waals surface area contributed by atoms with Gasteiger partial charge in [0.15, 0.2) is 0 Å². The minimum atomic E-state index is -1.26. The fraction of sp³-hybridized carbons (Fsp3) is 0.444. The van der Waals surface area contributed by atoms with Gasteiger partial charge in [-0.25, -0.2) is 9.59 Å². The molecule has 6 nitrogen and oxygen atoms in total. The summed E-state index contributed by atoms with van der Waals surface area (Å²) in [5.41, 5.74) is 0. The highest BCUT2D eigenvalue weighted by Crippen LogP contribution is 2.07. The Balaban J connectivity index is 0.000000281. The largest absolute Gasteiger partial charge is 0.478 e. The van der Waals surface area contributed by atoms with Gasteiger partial charge in [0.05, 0.1) is 5.75 Å². The quantitative estimate of drug-likeness (QED) is 0.608. The summed E-state index contributed by atoms with van der Waals surface area (Å²) in [4.78, 5) is 21.1. The van der Waals surface area contributed by atoms with Crippen molar-refractivity contribution in [3.63, 3.8) is 0 Å². The Morgan fingerprint density at radius 3 is 2.12 bits per heavy atom. The van der Waals surface area contributed by atoms with E-state index in [1.54, 1.807) is 0 Å². The number of carboxylic acid groups (broad SMARTS) is 2. The first kappa shape index (κ1) is 14.5. The number of thioether (sulfide) groups is 1. The van der Waals surface area contributed by atoms with E-state index >= 15 is 0 Å². The fourth-order valence-electron chi connectivity index (χ4n) is 0.758. The Bertz CT molecular complexity index is 288. The molecule has 0 unspecified atom stereocenters. The molecule has 0 aromatic rings. The third-order valence-corrected chi connectivity index (χ3v) is 2.59. The van der Waals surface area contributed by atoms with Crippen molar-refractivity contribution in [2.45, 2.75) is 0 Å². The Morgan fingerprint density at radius 1 is 1.38 bits per heavy atom. The van der Waals surface area contributed by atoms with Crippen LogP contribution in [-0.2, 0) is 9.59 Å². The van der Waals surface area contributed by atoms with Crippen molar-refractivity contribution in [3.8, 4) is 0 Å². The molecule has 0 radical (unpaired) electrons. The summed E-state index contributed by atoms with van der Waals surface area (Å²) < 4.78 is 0. The molecule has 0 aromatic heterocycles. The summed E-state index contributed by atoms with van der Waals surface area (Å²) in [7, 11) is 1.97. The third kappa shape index (κ3) is 7.86. The summed E-state index contributed by atoms with van der Waals surface area (Å²) in [6.45, 7) is 1.05. The van der Waals surface area contributed by atoms with Crippen LogP contribution in [0.15, 0.2) is 12.2 Å². The second-order valence-electron chi connectivity index (χ2n) is 2.93. The maximum atomic E-state index is 9.55. The molecule has 90 valence electrons. The average Bonchev–Trinajstić information content (AvgIpc) is 2.20. The molecule has 0 aliphatic carbocycles. The van der Waals surface area contributed by atoms with Gasteiger partial charge in [-0.15, -0.1) is 0 Å². The van der Waals surface area contributed by atoms with Crippen molar-refractivity contribution < 1.29 is 19.8 Å². The summed E-state index contributed by atoms with van der Waals surface area (Å²) in [5.74, 6) is 0.330. The van der Waals surface area contributed by atoms with E-state index in [2.05, 4.69) is 0 Å².